The quantitative estimate of drug-likeness (QED) is 0.784. The van der Waals surface area contributed by atoms with Gasteiger partial charge < -0.3 is 4.90 Å². The number of fused-ring (bicyclic) bond motifs is 1. The SMILES string of the molecule is CC(C)CN(CC(C)C)C(=O)CN1C(=O)c2ccccc2S1(=O)=O. The Morgan fingerprint density at radius 2 is 1.62 bits per heavy atom. The number of rotatable bonds is 6. The van der Waals surface area contributed by atoms with E-state index in [1.165, 1.54) is 12.1 Å². The van der Waals surface area contributed by atoms with Crippen molar-refractivity contribution in [3.8, 4) is 0 Å². The number of hydrogen-bond acceptors (Lipinski definition) is 4. The van der Waals surface area contributed by atoms with E-state index in [4.69, 9.17) is 0 Å². The lowest BCUT2D eigenvalue weighted by atomic mass is 10.1. The fourth-order valence-corrected chi connectivity index (χ4v) is 4.29. The summed E-state index contributed by atoms with van der Waals surface area (Å²) in [7, 11) is -3.94. The predicted molar refractivity (Wildman–Crippen MR) is 90.9 cm³/mol. The van der Waals surface area contributed by atoms with Gasteiger partial charge in [0.15, 0.2) is 0 Å². The van der Waals surface area contributed by atoms with Gasteiger partial charge >= 0.3 is 0 Å². The van der Waals surface area contributed by atoms with E-state index in [0.29, 0.717) is 17.4 Å². The molecule has 1 aliphatic heterocycles. The zero-order valence-electron chi connectivity index (χ0n) is 14.5. The highest BCUT2D eigenvalue weighted by Crippen LogP contribution is 2.29. The zero-order valence-corrected chi connectivity index (χ0v) is 15.3. The number of carbonyl (C=O) groups is 2. The lowest BCUT2D eigenvalue weighted by Crippen LogP contribution is -2.45. The van der Waals surface area contributed by atoms with Crippen LogP contribution < -0.4 is 0 Å². The van der Waals surface area contributed by atoms with Gasteiger partial charge in [0.25, 0.3) is 15.9 Å². The third-order valence-electron chi connectivity index (χ3n) is 3.71. The van der Waals surface area contributed by atoms with Crippen molar-refractivity contribution >= 4 is 21.8 Å². The molecule has 0 saturated heterocycles. The van der Waals surface area contributed by atoms with Crippen molar-refractivity contribution in [1.29, 1.82) is 0 Å². The Hall–Kier alpha value is -1.89. The second-order valence-electron chi connectivity index (χ2n) is 6.90. The number of hydrogen-bond donors (Lipinski definition) is 0. The minimum absolute atomic E-state index is 0.0259. The van der Waals surface area contributed by atoms with Crippen molar-refractivity contribution in [3.05, 3.63) is 29.8 Å². The highest BCUT2D eigenvalue weighted by atomic mass is 32.2. The summed E-state index contributed by atoms with van der Waals surface area (Å²) >= 11 is 0. The van der Waals surface area contributed by atoms with Gasteiger partial charge in [-0.15, -0.1) is 0 Å². The van der Waals surface area contributed by atoms with Crippen LogP contribution in [0.2, 0.25) is 0 Å². The van der Waals surface area contributed by atoms with E-state index in [-0.39, 0.29) is 28.2 Å². The second-order valence-corrected chi connectivity index (χ2v) is 8.73. The third-order valence-corrected chi connectivity index (χ3v) is 5.50. The maximum Gasteiger partial charge on any atom is 0.269 e. The first-order valence-corrected chi connectivity index (χ1v) is 9.52. The van der Waals surface area contributed by atoms with E-state index in [1.54, 1.807) is 17.0 Å². The third kappa shape index (κ3) is 3.61. The van der Waals surface area contributed by atoms with Crippen molar-refractivity contribution in [3.63, 3.8) is 0 Å². The molecule has 1 aromatic carbocycles. The Morgan fingerprint density at radius 1 is 1.08 bits per heavy atom. The van der Waals surface area contributed by atoms with Gasteiger partial charge in [-0.3, -0.25) is 9.59 Å². The van der Waals surface area contributed by atoms with Crippen LogP contribution in [-0.2, 0) is 14.8 Å². The minimum Gasteiger partial charge on any atom is -0.341 e. The summed E-state index contributed by atoms with van der Waals surface area (Å²) in [6.45, 7) is 8.60. The molecule has 1 aliphatic rings. The van der Waals surface area contributed by atoms with Crippen LogP contribution in [0, 0.1) is 11.8 Å². The van der Waals surface area contributed by atoms with E-state index in [0.717, 1.165) is 0 Å². The van der Waals surface area contributed by atoms with Crippen LogP contribution in [0.15, 0.2) is 29.2 Å². The second kappa shape index (κ2) is 6.93. The van der Waals surface area contributed by atoms with Gasteiger partial charge in [-0.2, -0.15) is 0 Å². The van der Waals surface area contributed by atoms with Crippen molar-refractivity contribution in [2.75, 3.05) is 19.6 Å². The van der Waals surface area contributed by atoms with Crippen LogP contribution in [0.4, 0.5) is 0 Å². The van der Waals surface area contributed by atoms with E-state index in [2.05, 4.69) is 0 Å². The summed E-state index contributed by atoms with van der Waals surface area (Å²) < 4.78 is 25.8. The van der Waals surface area contributed by atoms with E-state index in [9.17, 15) is 18.0 Å². The molecular formula is C17H24N2O4S. The molecule has 132 valence electrons. The van der Waals surface area contributed by atoms with Gasteiger partial charge in [0.1, 0.15) is 11.4 Å². The summed E-state index contributed by atoms with van der Waals surface area (Å²) in [6, 6.07) is 6.05. The van der Waals surface area contributed by atoms with Crippen LogP contribution in [-0.4, -0.2) is 49.1 Å². The van der Waals surface area contributed by atoms with Crippen LogP contribution >= 0.6 is 0 Å². The fourth-order valence-electron chi connectivity index (χ4n) is 2.77. The van der Waals surface area contributed by atoms with Crippen molar-refractivity contribution in [2.24, 2.45) is 11.8 Å². The molecule has 24 heavy (non-hydrogen) atoms. The maximum absolute atomic E-state index is 12.6. The minimum atomic E-state index is -3.94. The Balaban J connectivity index is 2.24. The lowest BCUT2D eigenvalue weighted by molar-refractivity contribution is -0.132. The van der Waals surface area contributed by atoms with Crippen LogP contribution in [0.1, 0.15) is 38.1 Å². The largest absolute Gasteiger partial charge is 0.341 e. The van der Waals surface area contributed by atoms with Gasteiger partial charge in [-0.05, 0) is 24.0 Å². The molecule has 1 aromatic rings. The standard InChI is InChI=1S/C17H24N2O4S/c1-12(2)9-18(10-13(3)4)16(20)11-19-17(21)14-7-5-6-8-15(14)24(19,22)23/h5-8,12-13H,9-11H2,1-4H3. The fraction of sp³-hybridized carbons (Fsp3) is 0.529. The highest BCUT2D eigenvalue weighted by molar-refractivity contribution is 7.90. The summed E-state index contributed by atoms with van der Waals surface area (Å²) in [4.78, 5) is 26.6. The first kappa shape index (κ1) is 18.4. The van der Waals surface area contributed by atoms with Gasteiger partial charge in [0.05, 0.1) is 5.56 Å². The molecule has 0 spiro atoms. The number of carbonyl (C=O) groups excluding carboxylic acids is 2. The molecule has 2 rings (SSSR count). The van der Waals surface area contributed by atoms with E-state index in [1.807, 2.05) is 27.7 Å². The van der Waals surface area contributed by atoms with Gasteiger partial charge in [-0.25, -0.2) is 12.7 Å². The van der Waals surface area contributed by atoms with Crippen LogP contribution in [0.25, 0.3) is 0 Å². The molecule has 0 fully saturated rings. The smallest absolute Gasteiger partial charge is 0.269 e. The molecule has 0 bridgehead atoms. The molecule has 6 nitrogen and oxygen atoms in total. The monoisotopic (exact) mass is 352 g/mol. The lowest BCUT2D eigenvalue weighted by Gasteiger charge is -2.28. The first-order valence-electron chi connectivity index (χ1n) is 8.08. The molecule has 1 heterocycles. The zero-order chi connectivity index (χ0) is 18.1. The van der Waals surface area contributed by atoms with Gasteiger partial charge in [0, 0.05) is 13.1 Å². The molecule has 0 unspecified atom stereocenters. The van der Waals surface area contributed by atoms with Crippen molar-refractivity contribution in [2.45, 2.75) is 32.6 Å². The maximum atomic E-state index is 12.6. The molecule has 0 atom stereocenters. The van der Waals surface area contributed by atoms with Gasteiger partial charge in [0.2, 0.25) is 5.91 Å². The molecular weight excluding hydrogens is 328 g/mol. The summed E-state index contributed by atoms with van der Waals surface area (Å²) in [5, 5.41) is 0. The number of nitrogens with zero attached hydrogens (tertiary/aromatic N) is 2. The molecule has 2 amide bonds. The summed E-state index contributed by atoms with van der Waals surface area (Å²) in [5.74, 6) is -0.457. The van der Waals surface area contributed by atoms with E-state index >= 15 is 0 Å². The number of benzene rings is 1. The molecule has 0 saturated carbocycles. The average molecular weight is 352 g/mol. The Labute approximate surface area is 143 Å². The molecule has 7 heteroatoms. The molecule has 0 N–H and O–H groups in total. The molecule has 0 aromatic heterocycles. The van der Waals surface area contributed by atoms with Crippen molar-refractivity contribution in [1.82, 2.24) is 9.21 Å². The van der Waals surface area contributed by atoms with Crippen molar-refractivity contribution < 1.29 is 18.0 Å². The highest BCUT2D eigenvalue weighted by Gasteiger charge is 2.42. The van der Waals surface area contributed by atoms with E-state index < -0.39 is 22.5 Å². The van der Waals surface area contributed by atoms with Crippen LogP contribution in [0.3, 0.4) is 0 Å². The number of amides is 2. The Bertz CT molecular complexity index is 731. The molecule has 0 radical (unpaired) electrons. The normalized spacial score (nSPS) is 15.9. The Kier molecular flexibility index (Phi) is 5.32. The Morgan fingerprint density at radius 3 is 2.12 bits per heavy atom. The summed E-state index contributed by atoms with van der Waals surface area (Å²) in [6.07, 6.45) is 0. The van der Waals surface area contributed by atoms with Gasteiger partial charge in [-0.1, -0.05) is 39.8 Å². The topological polar surface area (TPSA) is 74.8 Å². The number of sulfonamides is 1. The van der Waals surface area contributed by atoms with Crippen LogP contribution in [0.5, 0.6) is 0 Å². The first-order chi connectivity index (χ1) is 11.1. The summed E-state index contributed by atoms with van der Waals surface area (Å²) in [5.41, 5.74) is 0.129. The predicted octanol–water partition coefficient (Wildman–Crippen LogP) is 1.97. The average Bonchev–Trinajstić information content (AvgIpc) is 2.67. The molecule has 0 aliphatic carbocycles.